The lowest BCUT2D eigenvalue weighted by atomic mass is 9.86. The molecule has 1 nitrogen and oxygen atoms in total. The Morgan fingerprint density at radius 1 is 1.19 bits per heavy atom. The number of hydrogen-bond donors (Lipinski definition) is 1. The zero-order valence-electron chi connectivity index (χ0n) is 10.0. The molecule has 1 aliphatic heterocycles. The third kappa shape index (κ3) is 2.17. The first-order valence-electron chi connectivity index (χ1n) is 5.57. The minimum absolute atomic E-state index is 0.0828. The average Bonchev–Trinajstić information content (AvgIpc) is 2.16. The lowest BCUT2D eigenvalue weighted by molar-refractivity contribution is 0.454. The quantitative estimate of drug-likeness (QED) is 0.742. The van der Waals surface area contributed by atoms with Crippen molar-refractivity contribution in [3.8, 4) is 0 Å². The van der Waals surface area contributed by atoms with Gasteiger partial charge in [0.15, 0.2) is 0 Å². The highest BCUT2D eigenvalue weighted by Gasteiger charge is 2.28. The van der Waals surface area contributed by atoms with E-state index in [1.165, 1.54) is 16.7 Å². The first-order chi connectivity index (χ1) is 7.49. The van der Waals surface area contributed by atoms with Gasteiger partial charge in [0.2, 0.25) is 0 Å². The van der Waals surface area contributed by atoms with E-state index < -0.39 is 0 Å². The second kappa shape index (κ2) is 4.02. The van der Waals surface area contributed by atoms with Crippen molar-refractivity contribution in [2.75, 3.05) is 0 Å². The minimum Gasteiger partial charge on any atom is -0.371 e. The number of hydrogen-bond acceptors (Lipinski definition) is 1. The van der Waals surface area contributed by atoms with E-state index >= 15 is 0 Å². The molecule has 84 valence electrons. The van der Waals surface area contributed by atoms with Gasteiger partial charge in [-0.25, -0.2) is 0 Å². The molecule has 1 heterocycles. The molecule has 0 fully saturated rings. The normalized spacial score (nSPS) is 19.6. The van der Waals surface area contributed by atoms with Crippen molar-refractivity contribution in [1.82, 2.24) is 5.32 Å². The van der Waals surface area contributed by atoms with Crippen LogP contribution in [0, 0.1) is 0 Å². The van der Waals surface area contributed by atoms with Crippen LogP contribution in [0.5, 0.6) is 0 Å². The molecule has 1 aliphatic rings. The van der Waals surface area contributed by atoms with Gasteiger partial charge in [-0.15, -0.1) is 0 Å². The van der Waals surface area contributed by atoms with E-state index in [0.717, 1.165) is 11.4 Å². The van der Waals surface area contributed by atoms with Gasteiger partial charge in [-0.05, 0) is 32.8 Å². The zero-order valence-corrected chi connectivity index (χ0v) is 10.8. The molecule has 0 unspecified atom stereocenters. The molecule has 0 spiro atoms. The Labute approximate surface area is 103 Å². The van der Waals surface area contributed by atoms with Gasteiger partial charge in [0.05, 0.1) is 0 Å². The lowest BCUT2D eigenvalue weighted by Gasteiger charge is -2.35. The molecule has 0 saturated heterocycles. The van der Waals surface area contributed by atoms with Crippen LogP contribution in [-0.4, -0.2) is 10.5 Å². The summed E-state index contributed by atoms with van der Waals surface area (Å²) >= 11 is 5.47. The standard InChI is InChI=1S/C14H17NS/c1-10-9-14(2,3)15-13(16)12(10)11-7-5-4-6-8-11/h4-8H,9H2,1-3H3,(H,15,16). The maximum absolute atomic E-state index is 5.47. The van der Waals surface area contributed by atoms with Crippen LogP contribution in [0.1, 0.15) is 32.8 Å². The van der Waals surface area contributed by atoms with Gasteiger partial charge >= 0.3 is 0 Å². The fraction of sp³-hybridized carbons (Fsp3) is 0.357. The molecule has 0 atom stereocenters. The van der Waals surface area contributed by atoms with E-state index in [1.807, 2.05) is 6.07 Å². The summed E-state index contributed by atoms with van der Waals surface area (Å²) in [4.78, 5) is 0.875. The number of rotatable bonds is 1. The van der Waals surface area contributed by atoms with Gasteiger partial charge in [0.1, 0.15) is 4.99 Å². The Hall–Kier alpha value is -1.15. The Bertz CT molecular complexity index is 443. The topological polar surface area (TPSA) is 12.0 Å². The summed E-state index contributed by atoms with van der Waals surface area (Å²) in [6.45, 7) is 6.55. The van der Waals surface area contributed by atoms with Crippen LogP contribution < -0.4 is 5.32 Å². The maximum atomic E-state index is 5.47. The van der Waals surface area contributed by atoms with Gasteiger partial charge in [-0.2, -0.15) is 0 Å². The first-order valence-corrected chi connectivity index (χ1v) is 5.98. The predicted molar refractivity (Wildman–Crippen MR) is 73.5 cm³/mol. The summed E-state index contributed by atoms with van der Waals surface area (Å²) in [6, 6.07) is 10.4. The summed E-state index contributed by atoms with van der Waals surface area (Å²) in [6.07, 6.45) is 1.04. The minimum atomic E-state index is 0.0828. The number of thiocarbonyl (C=S) groups is 1. The fourth-order valence-electron chi connectivity index (χ4n) is 2.34. The second-order valence-electron chi connectivity index (χ2n) is 5.04. The van der Waals surface area contributed by atoms with Crippen LogP contribution in [0.15, 0.2) is 35.9 Å². The molecule has 0 radical (unpaired) electrons. The maximum Gasteiger partial charge on any atom is 0.107 e. The van der Waals surface area contributed by atoms with Crippen LogP contribution in [0.25, 0.3) is 5.57 Å². The Morgan fingerprint density at radius 3 is 2.38 bits per heavy atom. The Morgan fingerprint density at radius 2 is 1.81 bits per heavy atom. The summed E-state index contributed by atoms with van der Waals surface area (Å²) in [5.74, 6) is 0. The Kier molecular flexibility index (Phi) is 2.85. The highest BCUT2D eigenvalue weighted by molar-refractivity contribution is 7.81. The van der Waals surface area contributed by atoms with Crippen molar-refractivity contribution >= 4 is 22.8 Å². The van der Waals surface area contributed by atoms with Crippen LogP contribution in [-0.2, 0) is 0 Å². The highest BCUT2D eigenvalue weighted by Crippen LogP contribution is 2.30. The zero-order chi connectivity index (χ0) is 11.8. The number of benzene rings is 1. The molecule has 0 amide bonds. The highest BCUT2D eigenvalue weighted by atomic mass is 32.1. The molecule has 1 N–H and O–H groups in total. The Balaban J connectivity index is 2.45. The monoisotopic (exact) mass is 231 g/mol. The molecule has 16 heavy (non-hydrogen) atoms. The van der Waals surface area contributed by atoms with Gasteiger partial charge in [0.25, 0.3) is 0 Å². The van der Waals surface area contributed by atoms with Crippen molar-refractivity contribution in [1.29, 1.82) is 0 Å². The van der Waals surface area contributed by atoms with Gasteiger partial charge in [-0.3, -0.25) is 0 Å². The van der Waals surface area contributed by atoms with Gasteiger partial charge in [-0.1, -0.05) is 48.1 Å². The van der Waals surface area contributed by atoms with Crippen LogP contribution >= 0.6 is 12.2 Å². The molecular weight excluding hydrogens is 214 g/mol. The van der Waals surface area contributed by atoms with E-state index in [4.69, 9.17) is 12.2 Å². The number of nitrogens with one attached hydrogen (secondary N) is 1. The molecule has 2 heteroatoms. The van der Waals surface area contributed by atoms with Crippen LogP contribution in [0.4, 0.5) is 0 Å². The van der Waals surface area contributed by atoms with Crippen molar-refractivity contribution in [2.45, 2.75) is 32.7 Å². The van der Waals surface area contributed by atoms with Crippen molar-refractivity contribution in [3.63, 3.8) is 0 Å². The van der Waals surface area contributed by atoms with E-state index in [2.05, 4.69) is 50.4 Å². The lowest BCUT2D eigenvalue weighted by Crippen LogP contribution is -2.46. The van der Waals surface area contributed by atoms with E-state index in [9.17, 15) is 0 Å². The third-order valence-electron chi connectivity index (χ3n) is 2.88. The molecule has 1 aromatic rings. The van der Waals surface area contributed by atoms with E-state index in [-0.39, 0.29) is 5.54 Å². The molecule has 0 saturated carbocycles. The largest absolute Gasteiger partial charge is 0.371 e. The predicted octanol–water partition coefficient (Wildman–Crippen LogP) is 3.56. The van der Waals surface area contributed by atoms with Crippen LogP contribution in [0.2, 0.25) is 0 Å². The third-order valence-corrected chi connectivity index (χ3v) is 3.18. The average molecular weight is 231 g/mol. The van der Waals surface area contributed by atoms with Crippen LogP contribution in [0.3, 0.4) is 0 Å². The molecule has 2 rings (SSSR count). The SMILES string of the molecule is CC1=C(c2ccccc2)C(=S)NC(C)(C)C1. The van der Waals surface area contributed by atoms with Gasteiger partial charge in [0, 0.05) is 11.1 Å². The summed E-state index contributed by atoms with van der Waals surface area (Å²) < 4.78 is 0. The van der Waals surface area contributed by atoms with Crippen molar-refractivity contribution < 1.29 is 0 Å². The van der Waals surface area contributed by atoms with E-state index in [1.54, 1.807) is 0 Å². The smallest absolute Gasteiger partial charge is 0.107 e. The molecule has 0 bridgehead atoms. The fourth-order valence-corrected chi connectivity index (χ4v) is 2.91. The van der Waals surface area contributed by atoms with Crippen molar-refractivity contribution in [2.24, 2.45) is 0 Å². The van der Waals surface area contributed by atoms with Crippen molar-refractivity contribution in [3.05, 3.63) is 41.5 Å². The summed E-state index contributed by atoms with van der Waals surface area (Å²) in [7, 11) is 0. The second-order valence-corrected chi connectivity index (χ2v) is 5.44. The summed E-state index contributed by atoms with van der Waals surface area (Å²) in [5, 5.41) is 3.41. The molecular formula is C14H17NS. The molecule has 0 aliphatic carbocycles. The molecule has 1 aromatic carbocycles. The first kappa shape index (κ1) is 11.3. The molecule has 0 aromatic heterocycles. The van der Waals surface area contributed by atoms with Gasteiger partial charge < -0.3 is 5.32 Å². The van der Waals surface area contributed by atoms with E-state index in [0.29, 0.717) is 0 Å². The summed E-state index contributed by atoms with van der Waals surface area (Å²) in [5.41, 5.74) is 3.88.